The maximum absolute atomic E-state index is 12.3. The zero-order chi connectivity index (χ0) is 16.8. The van der Waals surface area contributed by atoms with E-state index in [4.69, 9.17) is 16.3 Å². The normalized spacial score (nSPS) is 15.5. The van der Waals surface area contributed by atoms with E-state index in [2.05, 4.69) is 5.32 Å². The van der Waals surface area contributed by atoms with Crippen LogP contribution < -0.4 is 10.1 Å². The van der Waals surface area contributed by atoms with E-state index in [1.54, 1.807) is 0 Å². The van der Waals surface area contributed by atoms with Crippen molar-refractivity contribution in [3.05, 3.63) is 51.7 Å². The maximum atomic E-state index is 12.3. The zero-order valence-corrected chi connectivity index (χ0v) is 15.0. The standard InChI is InChI=1S/C18H21ClN2O2S/c19-15-4-1-2-5-16(15)23-12-9-20-14-7-10-21(11-8-14)18(22)17-6-3-13-24-17/h1-6,13-14,20H,7-12H2. The minimum atomic E-state index is 0.158. The summed E-state index contributed by atoms with van der Waals surface area (Å²) in [5.74, 6) is 0.878. The predicted octanol–water partition coefficient (Wildman–Crippen LogP) is 3.67. The van der Waals surface area contributed by atoms with Crippen LogP contribution in [-0.4, -0.2) is 43.1 Å². The zero-order valence-electron chi connectivity index (χ0n) is 13.4. The van der Waals surface area contributed by atoms with Crippen LogP contribution in [0.5, 0.6) is 5.75 Å². The van der Waals surface area contributed by atoms with Crippen molar-refractivity contribution in [3.8, 4) is 5.75 Å². The highest BCUT2D eigenvalue weighted by Crippen LogP contribution is 2.22. The minimum Gasteiger partial charge on any atom is -0.491 e. The summed E-state index contributed by atoms with van der Waals surface area (Å²) < 4.78 is 5.68. The fourth-order valence-corrected chi connectivity index (χ4v) is 3.71. The monoisotopic (exact) mass is 364 g/mol. The molecule has 128 valence electrons. The number of thiophene rings is 1. The number of amides is 1. The number of rotatable bonds is 6. The summed E-state index contributed by atoms with van der Waals surface area (Å²) in [7, 11) is 0. The van der Waals surface area contributed by atoms with Crippen LogP contribution in [0, 0.1) is 0 Å². The lowest BCUT2D eigenvalue weighted by atomic mass is 10.0. The van der Waals surface area contributed by atoms with Gasteiger partial charge in [-0.25, -0.2) is 0 Å². The third-order valence-corrected chi connectivity index (χ3v) is 5.31. The van der Waals surface area contributed by atoms with Crippen LogP contribution in [0.3, 0.4) is 0 Å². The average Bonchev–Trinajstić information content (AvgIpc) is 3.15. The van der Waals surface area contributed by atoms with Crippen LogP contribution in [0.25, 0.3) is 0 Å². The summed E-state index contributed by atoms with van der Waals surface area (Å²) in [6, 6.07) is 11.7. The predicted molar refractivity (Wildman–Crippen MR) is 98.2 cm³/mol. The van der Waals surface area contributed by atoms with E-state index >= 15 is 0 Å². The maximum Gasteiger partial charge on any atom is 0.263 e. The molecule has 1 aromatic carbocycles. The summed E-state index contributed by atoms with van der Waals surface area (Å²) in [6.45, 7) is 2.96. The molecule has 0 atom stereocenters. The Morgan fingerprint density at radius 3 is 2.75 bits per heavy atom. The van der Waals surface area contributed by atoms with Crippen molar-refractivity contribution in [2.24, 2.45) is 0 Å². The lowest BCUT2D eigenvalue weighted by molar-refractivity contribution is 0.0709. The smallest absolute Gasteiger partial charge is 0.263 e. The molecule has 2 heterocycles. The highest BCUT2D eigenvalue weighted by Gasteiger charge is 2.23. The van der Waals surface area contributed by atoms with Crippen molar-refractivity contribution in [2.45, 2.75) is 18.9 Å². The lowest BCUT2D eigenvalue weighted by Gasteiger charge is -2.32. The van der Waals surface area contributed by atoms with Gasteiger partial charge in [0.2, 0.25) is 0 Å². The molecule has 1 aliphatic rings. The third-order valence-electron chi connectivity index (χ3n) is 4.14. The highest BCUT2D eigenvalue weighted by molar-refractivity contribution is 7.12. The molecule has 0 spiro atoms. The molecule has 1 aromatic heterocycles. The minimum absolute atomic E-state index is 0.158. The molecule has 0 aliphatic carbocycles. The van der Waals surface area contributed by atoms with Gasteiger partial charge < -0.3 is 15.0 Å². The molecule has 0 radical (unpaired) electrons. The van der Waals surface area contributed by atoms with E-state index in [0.29, 0.717) is 17.7 Å². The van der Waals surface area contributed by atoms with Gasteiger partial charge in [0.1, 0.15) is 12.4 Å². The van der Waals surface area contributed by atoms with Crippen LogP contribution in [0.15, 0.2) is 41.8 Å². The number of carbonyl (C=O) groups excluding carboxylic acids is 1. The molecule has 1 amide bonds. The van der Waals surface area contributed by atoms with E-state index in [0.717, 1.165) is 43.1 Å². The first-order valence-corrected chi connectivity index (χ1v) is 9.43. The Morgan fingerprint density at radius 1 is 1.25 bits per heavy atom. The molecule has 4 nitrogen and oxygen atoms in total. The Labute approximate surface area is 151 Å². The topological polar surface area (TPSA) is 41.6 Å². The molecule has 2 aromatic rings. The Bertz CT molecular complexity index is 655. The molecule has 3 rings (SSSR count). The summed E-state index contributed by atoms with van der Waals surface area (Å²) >= 11 is 7.57. The number of likely N-dealkylation sites (tertiary alicyclic amines) is 1. The van der Waals surface area contributed by atoms with Crippen molar-refractivity contribution < 1.29 is 9.53 Å². The Balaban J connectivity index is 1.35. The number of hydrogen-bond acceptors (Lipinski definition) is 4. The molecular formula is C18H21ClN2O2S. The quantitative estimate of drug-likeness (QED) is 0.795. The number of benzene rings is 1. The molecule has 1 fully saturated rings. The number of carbonyl (C=O) groups is 1. The molecular weight excluding hydrogens is 344 g/mol. The van der Waals surface area contributed by atoms with Gasteiger partial charge in [0.15, 0.2) is 0 Å². The van der Waals surface area contributed by atoms with Gasteiger partial charge in [-0.05, 0) is 36.4 Å². The average molecular weight is 365 g/mol. The van der Waals surface area contributed by atoms with Gasteiger partial charge in [0.25, 0.3) is 5.91 Å². The molecule has 1 saturated heterocycles. The van der Waals surface area contributed by atoms with E-state index in [-0.39, 0.29) is 5.91 Å². The van der Waals surface area contributed by atoms with Crippen LogP contribution in [0.2, 0.25) is 5.02 Å². The number of piperidine rings is 1. The van der Waals surface area contributed by atoms with Crippen LogP contribution in [0.1, 0.15) is 22.5 Å². The summed E-state index contributed by atoms with van der Waals surface area (Å²) in [5.41, 5.74) is 0. The molecule has 24 heavy (non-hydrogen) atoms. The fourth-order valence-electron chi connectivity index (χ4n) is 2.83. The number of halogens is 1. The van der Waals surface area contributed by atoms with E-state index in [1.807, 2.05) is 46.7 Å². The molecule has 0 unspecified atom stereocenters. The summed E-state index contributed by atoms with van der Waals surface area (Å²) in [6.07, 6.45) is 1.95. The third kappa shape index (κ3) is 4.50. The number of hydrogen-bond donors (Lipinski definition) is 1. The Hall–Kier alpha value is -1.56. The molecule has 1 N–H and O–H groups in total. The Morgan fingerprint density at radius 2 is 2.04 bits per heavy atom. The van der Waals surface area contributed by atoms with Crippen molar-refractivity contribution in [3.63, 3.8) is 0 Å². The lowest BCUT2D eigenvalue weighted by Crippen LogP contribution is -2.45. The summed E-state index contributed by atoms with van der Waals surface area (Å²) in [4.78, 5) is 15.1. The van der Waals surface area contributed by atoms with Crippen LogP contribution in [0.4, 0.5) is 0 Å². The van der Waals surface area contributed by atoms with Crippen molar-refractivity contribution >= 4 is 28.8 Å². The van der Waals surface area contributed by atoms with Crippen molar-refractivity contribution in [2.75, 3.05) is 26.2 Å². The second-order valence-corrected chi connectivity index (χ2v) is 7.13. The van der Waals surface area contributed by atoms with Gasteiger partial charge in [-0.15, -0.1) is 11.3 Å². The second kappa shape index (κ2) is 8.51. The summed E-state index contributed by atoms with van der Waals surface area (Å²) in [5, 5.41) is 6.08. The first kappa shape index (κ1) is 17.3. The second-order valence-electron chi connectivity index (χ2n) is 5.78. The number of nitrogens with zero attached hydrogens (tertiary/aromatic N) is 1. The van der Waals surface area contributed by atoms with Gasteiger partial charge in [0.05, 0.1) is 9.90 Å². The fraction of sp³-hybridized carbons (Fsp3) is 0.389. The number of para-hydroxylation sites is 1. The molecule has 0 saturated carbocycles. The molecule has 6 heteroatoms. The molecule has 1 aliphatic heterocycles. The SMILES string of the molecule is O=C(c1cccs1)N1CCC(NCCOc2ccccc2Cl)CC1. The van der Waals surface area contributed by atoms with Crippen molar-refractivity contribution in [1.29, 1.82) is 0 Å². The van der Waals surface area contributed by atoms with Gasteiger partial charge in [-0.2, -0.15) is 0 Å². The van der Waals surface area contributed by atoms with E-state index in [1.165, 1.54) is 11.3 Å². The first-order valence-electron chi connectivity index (χ1n) is 8.17. The number of nitrogens with one attached hydrogen (secondary N) is 1. The van der Waals surface area contributed by atoms with Gasteiger partial charge in [-0.3, -0.25) is 4.79 Å². The Kier molecular flexibility index (Phi) is 6.12. The van der Waals surface area contributed by atoms with E-state index in [9.17, 15) is 4.79 Å². The van der Waals surface area contributed by atoms with Crippen molar-refractivity contribution in [1.82, 2.24) is 10.2 Å². The highest BCUT2D eigenvalue weighted by atomic mass is 35.5. The van der Waals surface area contributed by atoms with Crippen LogP contribution >= 0.6 is 22.9 Å². The van der Waals surface area contributed by atoms with E-state index < -0.39 is 0 Å². The van der Waals surface area contributed by atoms with Gasteiger partial charge >= 0.3 is 0 Å². The van der Waals surface area contributed by atoms with Gasteiger partial charge in [-0.1, -0.05) is 29.8 Å². The number of ether oxygens (including phenoxy) is 1. The first-order chi connectivity index (χ1) is 11.7. The van der Waals surface area contributed by atoms with Gasteiger partial charge in [0, 0.05) is 25.7 Å². The largest absolute Gasteiger partial charge is 0.491 e. The van der Waals surface area contributed by atoms with Crippen LogP contribution in [-0.2, 0) is 0 Å². The molecule has 0 bridgehead atoms.